The van der Waals surface area contributed by atoms with Gasteiger partial charge in [-0.15, -0.1) is 0 Å². The van der Waals surface area contributed by atoms with Crippen LogP contribution in [0.2, 0.25) is 0 Å². The highest BCUT2D eigenvalue weighted by Gasteiger charge is 2.65. The van der Waals surface area contributed by atoms with Crippen LogP contribution in [0.4, 0.5) is 34.1 Å². The van der Waals surface area contributed by atoms with Crippen LogP contribution in [0, 0.1) is 0 Å². The minimum Gasteiger partial charge on any atom is -0.310 e. The van der Waals surface area contributed by atoms with Crippen LogP contribution in [0.15, 0.2) is 340 Å². The second kappa shape index (κ2) is 22.1. The van der Waals surface area contributed by atoms with Crippen molar-refractivity contribution in [3.05, 3.63) is 418 Å². The largest absolute Gasteiger partial charge is 0.310 e. The van der Waals surface area contributed by atoms with Gasteiger partial charge >= 0.3 is 0 Å². The van der Waals surface area contributed by atoms with Crippen molar-refractivity contribution in [2.24, 2.45) is 0 Å². The summed E-state index contributed by atoms with van der Waals surface area (Å²) in [6.45, 7) is 19.4. The van der Waals surface area contributed by atoms with E-state index in [9.17, 15) is 0 Å². The molecule has 0 amide bonds. The average Bonchev–Trinajstić information content (AvgIpc) is 1.46. The molecule has 2 unspecified atom stereocenters. The molecule has 2 heteroatoms. The van der Waals surface area contributed by atoms with Crippen molar-refractivity contribution in [2.75, 3.05) is 9.80 Å². The van der Waals surface area contributed by atoms with Gasteiger partial charge in [0.15, 0.2) is 0 Å². The molecule has 16 aromatic rings. The predicted molar refractivity (Wildman–Crippen MR) is 451 cm³/mol. The molecule has 6 aliphatic rings. The lowest BCUT2D eigenvalue weighted by Gasteiger charge is -2.51. The van der Waals surface area contributed by atoms with Gasteiger partial charge < -0.3 is 9.80 Å². The van der Waals surface area contributed by atoms with Crippen molar-refractivity contribution < 1.29 is 0 Å². The molecule has 2 nitrogen and oxygen atoms in total. The molecule has 0 aliphatic heterocycles. The van der Waals surface area contributed by atoms with Crippen molar-refractivity contribution in [2.45, 2.75) is 87.9 Å². The first-order valence-electron chi connectivity index (χ1n) is 38.6. The molecule has 514 valence electrons. The summed E-state index contributed by atoms with van der Waals surface area (Å²) < 4.78 is 0. The number of rotatable bonds is 9. The van der Waals surface area contributed by atoms with E-state index in [1.54, 1.807) is 0 Å². The van der Waals surface area contributed by atoms with Crippen LogP contribution >= 0.6 is 0 Å². The summed E-state index contributed by atoms with van der Waals surface area (Å²) in [5, 5.41) is 4.80. The topological polar surface area (TPSA) is 6.48 Å². The Kier molecular flexibility index (Phi) is 12.9. The fraction of sp³-hybridized carbons (Fsp3) is 0.132. The second-order valence-electron chi connectivity index (χ2n) is 33.3. The third-order valence-electron chi connectivity index (χ3n) is 26.8. The predicted octanol–water partition coefficient (Wildman–Crippen LogP) is 27.5. The maximum absolute atomic E-state index is 2.69. The van der Waals surface area contributed by atoms with Crippen LogP contribution in [0.3, 0.4) is 0 Å². The monoisotopic (exact) mass is 1380 g/mol. The molecule has 108 heavy (non-hydrogen) atoms. The first-order valence-corrected chi connectivity index (χ1v) is 38.6. The van der Waals surface area contributed by atoms with Gasteiger partial charge in [-0.25, -0.2) is 0 Å². The zero-order valence-corrected chi connectivity index (χ0v) is 62.2. The molecule has 0 saturated carbocycles. The zero-order chi connectivity index (χ0) is 72.5. The molecular weight excluding hydrogens is 1300 g/mol. The second-order valence-corrected chi connectivity index (χ2v) is 33.3. The maximum atomic E-state index is 2.69. The Bertz CT molecular complexity index is 5970. The molecule has 0 saturated heterocycles. The van der Waals surface area contributed by atoms with Crippen LogP contribution in [0.25, 0.3) is 88.3 Å². The first kappa shape index (κ1) is 63.0. The van der Waals surface area contributed by atoms with E-state index in [1.807, 2.05) is 0 Å². The minimum absolute atomic E-state index is 0.255. The lowest BCUT2D eigenvalue weighted by Crippen LogP contribution is -2.50. The maximum Gasteiger partial charge on any atom is 0.0642 e. The summed E-state index contributed by atoms with van der Waals surface area (Å²) in [7, 11) is 0. The minimum atomic E-state index is -0.992. The van der Waals surface area contributed by atoms with Gasteiger partial charge in [-0.05, 0) is 216 Å². The number of fused-ring (bicyclic) bond motifs is 22. The van der Waals surface area contributed by atoms with Crippen LogP contribution in [0.5, 0.6) is 0 Å². The Morgan fingerprint density at radius 1 is 0.176 bits per heavy atom. The number of hydrogen-bond donors (Lipinski definition) is 0. The first-order chi connectivity index (χ1) is 52.6. The molecule has 22 rings (SSSR count). The van der Waals surface area contributed by atoms with Gasteiger partial charge in [-0.1, -0.05) is 334 Å². The standard InChI is InChI=1S/C106H80N2/c1-101(2)85-45-25-19-35-71(85)75-55-51-67(59-91(75)101)107(68-52-56-76-72-36-20-26-46-86(72)102(3,4)92(76)60-68)97-63-95-99(81-41-17-15-39-79(81)97)83-43-23-29-49-89(83)105(95,65-31-11-9-12-32-65)106(66-33-13-10-14-34-66)90-50-30-24-44-84(90)100-82-42-18-16-40-80(82)98(64-96(100)106)108(69-53-57-77-73-37-21-27-47-87(73)103(5,6)93(77)61-69)70-54-58-78-74-38-22-28-48-88(74)104(7,8)94(78)62-70/h9-64H,1-8H3. The highest BCUT2D eigenvalue weighted by Crippen LogP contribution is 2.73. The fourth-order valence-corrected chi connectivity index (χ4v) is 22.0. The van der Waals surface area contributed by atoms with Gasteiger partial charge in [0.05, 0.1) is 22.2 Å². The SMILES string of the molecule is CC1(C)c2ccccc2-c2ccc(N(c3ccc4c(c3)C(C)(C)c3ccccc3-4)c3cc4c(c5ccccc35)-c3ccccc3C4(c3ccccc3)C3(c4ccccc4)c4ccccc4-c4c3cc(N(c3ccc5c(c3)C(C)(C)c3ccccc3-5)c3ccc5c(c3)C(C)(C)c3ccccc3-5)c3ccccc43)cc21. The summed E-state index contributed by atoms with van der Waals surface area (Å²) in [5.74, 6) is 0. The zero-order valence-electron chi connectivity index (χ0n) is 62.2. The van der Waals surface area contributed by atoms with Gasteiger partial charge in [0.1, 0.15) is 0 Å². The summed E-state index contributed by atoms with van der Waals surface area (Å²) in [6.07, 6.45) is 0. The van der Waals surface area contributed by atoms with Gasteiger partial charge in [-0.3, -0.25) is 0 Å². The van der Waals surface area contributed by atoms with E-state index < -0.39 is 10.8 Å². The molecular formula is C106H80N2. The fourth-order valence-electron chi connectivity index (χ4n) is 22.0. The van der Waals surface area contributed by atoms with E-state index in [0.29, 0.717) is 0 Å². The highest BCUT2D eigenvalue weighted by atomic mass is 15.2. The van der Waals surface area contributed by atoms with Gasteiger partial charge in [0, 0.05) is 55.2 Å². The lowest BCUT2D eigenvalue weighted by atomic mass is 9.49. The van der Waals surface area contributed by atoms with Crippen molar-refractivity contribution in [3.8, 4) is 66.8 Å². The summed E-state index contributed by atoms with van der Waals surface area (Å²) >= 11 is 0. The number of benzene rings is 16. The van der Waals surface area contributed by atoms with E-state index in [-0.39, 0.29) is 21.7 Å². The van der Waals surface area contributed by atoms with Crippen LogP contribution < -0.4 is 9.80 Å². The smallest absolute Gasteiger partial charge is 0.0642 e. The van der Waals surface area contributed by atoms with Crippen molar-refractivity contribution in [3.63, 3.8) is 0 Å². The Morgan fingerprint density at radius 2 is 0.407 bits per heavy atom. The quantitative estimate of drug-likeness (QED) is 0.142. The third-order valence-corrected chi connectivity index (χ3v) is 26.8. The lowest BCUT2D eigenvalue weighted by molar-refractivity contribution is 0.438. The Labute approximate surface area is 633 Å². The van der Waals surface area contributed by atoms with E-state index in [4.69, 9.17) is 0 Å². The molecule has 0 bridgehead atoms. The molecule has 0 spiro atoms. The summed E-state index contributed by atoms with van der Waals surface area (Å²) in [4.78, 5) is 5.31. The molecule has 0 heterocycles. The van der Waals surface area contributed by atoms with Crippen LogP contribution in [-0.2, 0) is 32.5 Å². The molecule has 0 aromatic heterocycles. The van der Waals surface area contributed by atoms with Gasteiger partial charge in [0.25, 0.3) is 0 Å². The third kappa shape index (κ3) is 8.02. The van der Waals surface area contributed by atoms with Crippen LogP contribution in [-0.4, -0.2) is 0 Å². The molecule has 0 fully saturated rings. The van der Waals surface area contributed by atoms with Gasteiger partial charge in [-0.2, -0.15) is 0 Å². The van der Waals surface area contributed by atoms with E-state index >= 15 is 0 Å². The summed E-state index contributed by atoms with van der Waals surface area (Å²) in [5.41, 5.74) is 37.5. The van der Waals surface area contributed by atoms with Crippen LogP contribution in [0.1, 0.15) is 133 Å². The van der Waals surface area contributed by atoms with Crippen molar-refractivity contribution in [1.29, 1.82) is 0 Å². The molecule has 2 atom stereocenters. The Balaban J connectivity index is 0.878. The van der Waals surface area contributed by atoms with E-state index in [1.165, 1.54) is 166 Å². The normalized spacial score (nSPS) is 17.8. The van der Waals surface area contributed by atoms with Crippen molar-refractivity contribution >= 4 is 55.7 Å². The van der Waals surface area contributed by atoms with E-state index in [2.05, 4.69) is 405 Å². The van der Waals surface area contributed by atoms with Crippen molar-refractivity contribution in [1.82, 2.24) is 0 Å². The molecule has 16 aromatic carbocycles. The Morgan fingerprint density at radius 3 is 0.704 bits per heavy atom. The number of anilines is 6. The summed E-state index contributed by atoms with van der Waals surface area (Å²) in [6, 6.07) is 133. The molecule has 0 N–H and O–H groups in total. The van der Waals surface area contributed by atoms with E-state index in [0.717, 1.165) is 34.1 Å². The highest BCUT2D eigenvalue weighted by molar-refractivity contribution is 6.15. The number of nitrogens with zero attached hydrogens (tertiary/aromatic N) is 2. The van der Waals surface area contributed by atoms with Gasteiger partial charge in [0.2, 0.25) is 0 Å². The molecule has 0 radical (unpaired) electrons. The number of hydrogen-bond acceptors (Lipinski definition) is 2. The molecule has 6 aliphatic carbocycles. The Hall–Kier alpha value is -12.4. The average molecular weight is 1380 g/mol.